The number of thioether (sulfide) groups is 1. The number of nitrogens with two attached hydrogens (primary N) is 1. The van der Waals surface area contributed by atoms with Crippen LogP contribution >= 0.6 is 11.8 Å². The lowest BCUT2D eigenvalue weighted by Gasteiger charge is -2.37. The van der Waals surface area contributed by atoms with E-state index in [0.717, 1.165) is 12.3 Å². The fourth-order valence-corrected chi connectivity index (χ4v) is 3.38. The molecule has 5 nitrogen and oxygen atoms in total. The number of nitrogen functional groups attached to an aromatic ring is 1. The summed E-state index contributed by atoms with van der Waals surface area (Å²) in [4.78, 5) is 26.0. The van der Waals surface area contributed by atoms with Crippen molar-refractivity contribution in [3.05, 3.63) is 29.8 Å². The van der Waals surface area contributed by atoms with Crippen molar-refractivity contribution in [3.8, 4) is 0 Å². The average molecular weight is 307 g/mol. The maximum atomic E-state index is 12.2. The maximum Gasteiger partial charge on any atom is 0.251 e. The van der Waals surface area contributed by atoms with Crippen molar-refractivity contribution in [2.24, 2.45) is 0 Å². The van der Waals surface area contributed by atoms with Crippen LogP contribution in [-0.4, -0.2) is 46.8 Å². The third-order valence-corrected chi connectivity index (χ3v) is 5.12. The molecule has 1 fully saturated rings. The smallest absolute Gasteiger partial charge is 0.251 e. The van der Waals surface area contributed by atoms with Crippen LogP contribution in [0.4, 0.5) is 5.69 Å². The maximum absolute atomic E-state index is 12.2. The molecular formula is C15H21N3O2S. The quantitative estimate of drug-likeness (QED) is 0.827. The third-order valence-electron chi connectivity index (χ3n) is 3.78. The first-order valence-electron chi connectivity index (χ1n) is 7.04. The standard InChI is InChI=1S/C15H21N3O2S/c1-10-11(2)21-8-7-18(10)14(19)9-17-15(20)12-3-5-13(16)6-4-12/h3-6,10-11H,7-9,16H2,1-2H3,(H,17,20). The Morgan fingerprint density at radius 3 is 2.67 bits per heavy atom. The number of benzene rings is 1. The van der Waals surface area contributed by atoms with Crippen LogP contribution in [0.15, 0.2) is 24.3 Å². The molecular weight excluding hydrogens is 286 g/mol. The normalized spacial score (nSPS) is 21.9. The van der Waals surface area contributed by atoms with Gasteiger partial charge >= 0.3 is 0 Å². The minimum Gasteiger partial charge on any atom is -0.399 e. The number of carbonyl (C=O) groups excluding carboxylic acids is 2. The lowest BCUT2D eigenvalue weighted by Crippen LogP contribution is -2.51. The largest absolute Gasteiger partial charge is 0.399 e. The van der Waals surface area contributed by atoms with Crippen LogP contribution in [0.2, 0.25) is 0 Å². The summed E-state index contributed by atoms with van der Waals surface area (Å²) in [5.74, 6) is 0.664. The highest BCUT2D eigenvalue weighted by Crippen LogP contribution is 2.23. The van der Waals surface area contributed by atoms with Gasteiger partial charge in [-0.2, -0.15) is 11.8 Å². The van der Waals surface area contributed by atoms with Gasteiger partial charge in [-0.05, 0) is 31.2 Å². The minimum atomic E-state index is -0.254. The van der Waals surface area contributed by atoms with Crippen molar-refractivity contribution in [1.29, 1.82) is 0 Å². The van der Waals surface area contributed by atoms with Gasteiger partial charge in [0, 0.05) is 34.8 Å². The second-order valence-corrected chi connectivity index (χ2v) is 6.69. The molecule has 0 aromatic heterocycles. The second kappa shape index (κ2) is 6.85. The summed E-state index contributed by atoms with van der Waals surface area (Å²) in [6.45, 7) is 4.95. The molecule has 0 spiro atoms. The third kappa shape index (κ3) is 3.91. The van der Waals surface area contributed by atoms with Crippen LogP contribution in [0.5, 0.6) is 0 Å². The van der Waals surface area contributed by atoms with E-state index in [1.807, 2.05) is 16.7 Å². The van der Waals surface area contributed by atoms with Crippen molar-refractivity contribution in [3.63, 3.8) is 0 Å². The molecule has 0 bridgehead atoms. The van der Waals surface area contributed by atoms with Crippen molar-refractivity contribution in [2.45, 2.75) is 25.1 Å². The fourth-order valence-electron chi connectivity index (χ4n) is 2.28. The van der Waals surface area contributed by atoms with Gasteiger partial charge in [0.05, 0.1) is 6.54 Å². The molecule has 0 aliphatic carbocycles. The van der Waals surface area contributed by atoms with Gasteiger partial charge < -0.3 is 16.0 Å². The van der Waals surface area contributed by atoms with Crippen LogP contribution in [0.25, 0.3) is 0 Å². The number of hydrogen-bond acceptors (Lipinski definition) is 4. The monoisotopic (exact) mass is 307 g/mol. The first-order valence-corrected chi connectivity index (χ1v) is 8.08. The predicted octanol–water partition coefficient (Wildman–Crippen LogP) is 1.35. The molecule has 114 valence electrons. The lowest BCUT2D eigenvalue weighted by atomic mass is 10.2. The second-order valence-electron chi connectivity index (χ2n) is 5.21. The van der Waals surface area contributed by atoms with E-state index in [9.17, 15) is 9.59 Å². The number of anilines is 1. The minimum absolute atomic E-state index is 0.0292. The Morgan fingerprint density at radius 1 is 1.33 bits per heavy atom. The predicted molar refractivity (Wildman–Crippen MR) is 86.3 cm³/mol. The van der Waals surface area contributed by atoms with E-state index in [0.29, 0.717) is 16.5 Å². The number of nitrogens with one attached hydrogen (secondary N) is 1. The molecule has 1 aromatic carbocycles. The molecule has 1 heterocycles. The van der Waals surface area contributed by atoms with Crippen LogP contribution in [0.3, 0.4) is 0 Å². The summed E-state index contributed by atoms with van der Waals surface area (Å²) in [5, 5.41) is 3.10. The SMILES string of the molecule is CC1SCCN(C(=O)CNC(=O)c2ccc(N)cc2)C1C. The van der Waals surface area contributed by atoms with Gasteiger partial charge in [0.25, 0.3) is 5.91 Å². The summed E-state index contributed by atoms with van der Waals surface area (Å²) in [6.07, 6.45) is 0. The highest BCUT2D eigenvalue weighted by molar-refractivity contribution is 8.00. The Balaban J connectivity index is 1.88. The molecule has 0 radical (unpaired) electrons. The Labute approximate surface area is 129 Å². The first kappa shape index (κ1) is 15.7. The summed E-state index contributed by atoms with van der Waals surface area (Å²) >= 11 is 1.88. The lowest BCUT2D eigenvalue weighted by molar-refractivity contribution is -0.131. The summed E-state index contributed by atoms with van der Waals surface area (Å²) in [5.41, 5.74) is 6.70. The molecule has 1 aromatic rings. The van der Waals surface area contributed by atoms with Gasteiger partial charge in [0.2, 0.25) is 5.91 Å². The molecule has 6 heteroatoms. The Hall–Kier alpha value is -1.69. The van der Waals surface area contributed by atoms with Crippen LogP contribution in [0, 0.1) is 0 Å². The van der Waals surface area contributed by atoms with E-state index < -0.39 is 0 Å². The van der Waals surface area contributed by atoms with E-state index >= 15 is 0 Å². The van der Waals surface area contributed by atoms with Gasteiger partial charge in [0.1, 0.15) is 0 Å². The molecule has 3 N–H and O–H groups in total. The zero-order valence-corrected chi connectivity index (χ0v) is 13.2. The van der Waals surface area contributed by atoms with Crippen molar-refractivity contribution < 1.29 is 9.59 Å². The molecule has 0 saturated carbocycles. The molecule has 1 aliphatic heterocycles. The van der Waals surface area contributed by atoms with Gasteiger partial charge in [-0.15, -0.1) is 0 Å². The van der Waals surface area contributed by atoms with Gasteiger partial charge in [-0.25, -0.2) is 0 Å². The Kier molecular flexibility index (Phi) is 5.12. The van der Waals surface area contributed by atoms with Crippen LogP contribution < -0.4 is 11.1 Å². The number of carbonyl (C=O) groups is 2. The Morgan fingerprint density at radius 2 is 2.00 bits per heavy atom. The Bertz CT molecular complexity index is 518. The van der Waals surface area contributed by atoms with E-state index in [1.165, 1.54) is 0 Å². The topological polar surface area (TPSA) is 75.4 Å². The van der Waals surface area contributed by atoms with E-state index in [1.54, 1.807) is 24.3 Å². The molecule has 2 amide bonds. The molecule has 2 atom stereocenters. The van der Waals surface area contributed by atoms with E-state index in [4.69, 9.17) is 5.73 Å². The van der Waals surface area contributed by atoms with Gasteiger partial charge in [-0.1, -0.05) is 6.92 Å². The molecule has 2 rings (SSSR count). The zero-order valence-electron chi connectivity index (χ0n) is 12.3. The zero-order chi connectivity index (χ0) is 15.4. The number of nitrogens with zero attached hydrogens (tertiary/aromatic N) is 1. The summed E-state index contributed by atoms with van der Waals surface area (Å²) in [6, 6.07) is 6.84. The van der Waals surface area contributed by atoms with Crippen LogP contribution in [0.1, 0.15) is 24.2 Å². The summed E-state index contributed by atoms with van der Waals surface area (Å²) < 4.78 is 0. The number of hydrogen-bond donors (Lipinski definition) is 2. The fraction of sp³-hybridized carbons (Fsp3) is 0.467. The van der Waals surface area contributed by atoms with Crippen molar-refractivity contribution in [1.82, 2.24) is 10.2 Å². The average Bonchev–Trinajstić information content (AvgIpc) is 2.48. The van der Waals surface area contributed by atoms with Crippen LogP contribution in [-0.2, 0) is 4.79 Å². The molecule has 1 saturated heterocycles. The number of amides is 2. The van der Waals surface area contributed by atoms with Crippen molar-refractivity contribution in [2.75, 3.05) is 24.6 Å². The van der Waals surface area contributed by atoms with Crippen molar-refractivity contribution >= 4 is 29.3 Å². The first-order chi connectivity index (χ1) is 9.99. The van der Waals surface area contributed by atoms with E-state index in [2.05, 4.69) is 19.2 Å². The molecule has 1 aliphatic rings. The van der Waals surface area contributed by atoms with E-state index in [-0.39, 0.29) is 24.4 Å². The summed E-state index contributed by atoms with van der Waals surface area (Å²) in [7, 11) is 0. The highest BCUT2D eigenvalue weighted by atomic mass is 32.2. The van der Waals surface area contributed by atoms with Gasteiger partial charge in [0.15, 0.2) is 0 Å². The molecule has 21 heavy (non-hydrogen) atoms. The molecule has 2 unspecified atom stereocenters. The highest BCUT2D eigenvalue weighted by Gasteiger charge is 2.28. The number of rotatable bonds is 3. The van der Waals surface area contributed by atoms with Gasteiger partial charge in [-0.3, -0.25) is 9.59 Å².